The third-order valence-electron chi connectivity index (χ3n) is 7.31. The number of methoxy groups -OCH3 is 1. The summed E-state index contributed by atoms with van der Waals surface area (Å²) in [6.45, 7) is 10.00. The molecule has 3 rings (SSSR count). The standard InChI is InChI=1S/C26H43N3O3.HI/c1-4-27-24(28-20-25(12-6-7-13-25)14-17-31-5-2)29-21-26(15-18-32-19-16-26)22-8-10-23(30-3)11-9-22;/h8-11H,4-7,12-21H2,1-3H3,(H2,27,28,29);1H. The quantitative estimate of drug-likeness (QED) is 0.171. The topological polar surface area (TPSA) is 64.1 Å². The second-order valence-electron chi connectivity index (χ2n) is 9.32. The molecule has 0 radical (unpaired) electrons. The van der Waals surface area contributed by atoms with Gasteiger partial charge in [-0.15, -0.1) is 24.0 Å². The Labute approximate surface area is 217 Å². The van der Waals surface area contributed by atoms with E-state index in [1.54, 1.807) is 7.11 Å². The van der Waals surface area contributed by atoms with E-state index in [0.717, 1.165) is 77.0 Å². The highest BCUT2D eigenvalue weighted by Gasteiger charge is 2.36. The minimum Gasteiger partial charge on any atom is -0.497 e. The second-order valence-corrected chi connectivity index (χ2v) is 9.32. The largest absolute Gasteiger partial charge is 0.497 e. The number of hydrogen-bond acceptors (Lipinski definition) is 4. The van der Waals surface area contributed by atoms with E-state index in [1.807, 2.05) is 0 Å². The Morgan fingerprint density at radius 3 is 2.33 bits per heavy atom. The van der Waals surface area contributed by atoms with Gasteiger partial charge in [0, 0.05) is 51.5 Å². The van der Waals surface area contributed by atoms with Crippen molar-refractivity contribution in [2.75, 3.05) is 53.2 Å². The molecule has 6 nitrogen and oxygen atoms in total. The Hall–Kier alpha value is -1.06. The summed E-state index contributed by atoms with van der Waals surface area (Å²) in [4.78, 5) is 5.07. The van der Waals surface area contributed by atoms with Crippen LogP contribution in [0.3, 0.4) is 0 Å². The van der Waals surface area contributed by atoms with Gasteiger partial charge in [0.2, 0.25) is 0 Å². The third kappa shape index (κ3) is 7.99. The first-order chi connectivity index (χ1) is 15.7. The average Bonchev–Trinajstić information content (AvgIpc) is 3.31. The highest BCUT2D eigenvalue weighted by Crippen LogP contribution is 2.41. The van der Waals surface area contributed by atoms with E-state index in [1.165, 1.54) is 31.2 Å². The predicted molar refractivity (Wildman–Crippen MR) is 146 cm³/mol. The molecule has 7 heteroatoms. The molecule has 1 heterocycles. The van der Waals surface area contributed by atoms with Gasteiger partial charge in [-0.3, -0.25) is 4.99 Å². The summed E-state index contributed by atoms with van der Waals surface area (Å²) >= 11 is 0. The molecule has 0 atom stereocenters. The van der Waals surface area contributed by atoms with Crippen molar-refractivity contribution in [2.45, 2.75) is 64.2 Å². The number of aliphatic imine (C=N–C) groups is 1. The number of ether oxygens (including phenoxy) is 3. The molecule has 2 N–H and O–H groups in total. The first-order valence-corrected chi connectivity index (χ1v) is 12.5. The molecule has 1 aliphatic heterocycles. The molecule has 1 aromatic rings. The zero-order chi connectivity index (χ0) is 22.7. The summed E-state index contributed by atoms with van der Waals surface area (Å²) in [6.07, 6.45) is 8.26. The van der Waals surface area contributed by atoms with Crippen LogP contribution in [-0.2, 0) is 14.9 Å². The van der Waals surface area contributed by atoms with Crippen LogP contribution in [-0.4, -0.2) is 59.1 Å². The van der Waals surface area contributed by atoms with Crippen LogP contribution in [0.25, 0.3) is 0 Å². The maximum absolute atomic E-state index is 5.71. The van der Waals surface area contributed by atoms with Crippen LogP contribution in [0.2, 0.25) is 0 Å². The fraction of sp³-hybridized carbons (Fsp3) is 0.731. The number of benzene rings is 1. The molecule has 0 aromatic heterocycles. The molecule has 0 bridgehead atoms. The fourth-order valence-electron chi connectivity index (χ4n) is 5.16. The van der Waals surface area contributed by atoms with Crippen LogP contribution in [0.1, 0.15) is 64.4 Å². The van der Waals surface area contributed by atoms with Gasteiger partial charge < -0.3 is 24.8 Å². The van der Waals surface area contributed by atoms with E-state index < -0.39 is 0 Å². The van der Waals surface area contributed by atoms with E-state index in [2.05, 4.69) is 48.7 Å². The van der Waals surface area contributed by atoms with Gasteiger partial charge in [0.1, 0.15) is 5.75 Å². The molecule has 188 valence electrons. The lowest BCUT2D eigenvalue weighted by Crippen LogP contribution is -2.48. The summed E-state index contributed by atoms with van der Waals surface area (Å²) in [5, 5.41) is 7.16. The minimum atomic E-state index is 0. The van der Waals surface area contributed by atoms with Crippen molar-refractivity contribution in [3.8, 4) is 5.75 Å². The smallest absolute Gasteiger partial charge is 0.191 e. The number of nitrogens with zero attached hydrogens (tertiary/aromatic N) is 1. The van der Waals surface area contributed by atoms with Crippen LogP contribution < -0.4 is 15.4 Å². The van der Waals surface area contributed by atoms with Crippen molar-refractivity contribution in [2.24, 2.45) is 10.4 Å². The SMILES string of the molecule is CCNC(=NCC1(CCOCC)CCCC1)NCC1(c2ccc(OC)cc2)CCOCC1.I. The Balaban J connectivity index is 0.00000385. The van der Waals surface area contributed by atoms with Gasteiger partial charge in [-0.2, -0.15) is 0 Å². The number of guanidine groups is 1. The Kier molecular flexibility index (Phi) is 12.3. The molecular formula is C26H44IN3O3. The van der Waals surface area contributed by atoms with Gasteiger partial charge in [0.15, 0.2) is 5.96 Å². The van der Waals surface area contributed by atoms with Gasteiger partial charge in [-0.05, 0) is 69.1 Å². The molecule has 1 aromatic carbocycles. The summed E-state index contributed by atoms with van der Waals surface area (Å²) in [7, 11) is 1.71. The molecule has 2 fully saturated rings. The van der Waals surface area contributed by atoms with E-state index in [-0.39, 0.29) is 29.4 Å². The van der Waals surface area contributed by atoms with Crippen molar-refractivity contribution in [1.29, 1.82) is 0 Å². The maximum Gasteiger partial charge on any atom is 0.191 e. The van der Waals surface area contributed by atoms with E-state index in [4.69, 9.17) is 19.2 Å². The molecule has 2 aliphatic rings. The highest BCUT2D eigenvalue weighted by atomic mass is 127. The third-order valence-corrected chi connectivity index (χ3v) is 7.31. The van der Waals surface area contributed by atoms with Crippen LogP contribution >= 0.6 is 24.0 Å². The van der Waals surface area contributed by atoms with Crippen LogP contribution in [0, 0.1) is 5.41 Å². The molecule has 0 amide bonds. The van der Waals surface area contributed by atoms with Gasteiger partial charge in [0.25, 0.3) is 0 Å². The summed E-state index contributed by atoms with van der Waals surface area (Å²) in [5.41, 5.74) is 1.68. The van der Waals surface area contributed by atoms with Crippen LogP contribution in [0.4, 0.5) is 0 Å². The van der Waals surface area contributed by atoms with Gasteiger partial charge in [0.05, 0.1) is 7.11 Å². The lowest BCUT2D eigenvalue weighted by Gasteiger charge is -2.38. The lowest BCUT2D eigenvalue weighted by atomic mass is 9.74. The Morgan fingerprint density at radius 2 is 1.73 bits per heavy atom. The van der Waals surface area contributed by atoms with Crippen molar-refractivity contribution in [3.63, 3.8) is 0 Å². The first-order valence-electron chi connectivity index (χ1n) is 12.5. The average molecular weight is 574 g/mol. The predicted octanol–water partition coefficient (Wildman–Crippen LogP) is 4.90. The van der Waals surface area contributed by atoms with Gasteiger partial charge in [-0.1, -0.05) is 25.0 Å². The minimum absolute atomic E-state index is 0. The number of rotatable bonds is 11. The van der Waals surface area contributed by atoms with Crippen molar-refractivity contribution >= 4 is 29.9 Å². The fourth-order valence-corrected chi connectivity index (χ4v) is 5.16. The van der Waals surface area contributed by atoms with Crippen LogP contribution in [0.5, 0.6) is 5.75 Å². The monoisotopic (exact) mass is 573 g/mol. The number of hydrogen-bond donors (Lipinski definition) is 2. The maximum atomic E-state index is 5.71. The highest BCUT2D eigenvalue weighted by molar-refractivity contribution is 14.0. The molecular weight excluding hydrogens is 529 g/mol. The zero-order valence-corrected chi connectivity index (χ0v) is 23.1. The molecule has 1 saturated carbocycles. The molecule has 33 heavy (non-hydrogen) atoms. The van der Waals surface area contributed by atoms with Crippen molar-refractivity contribution in [1.82, 2.24) is 10.6 Å². The summed E-state index contributed by atoms with van der Waals surface area (Å²) in [5.74, 6) is 1.82. The Morgan fingerprint density at radius 1 is 1.03 bits per heavy atom. The summed E-state index contributed by atoms with van der Waals surface area (Å²) < 4.78 is 16.8. The van der Waals surface area contributed by atoms with Gasteiger partial charge >= 0.3 is 0 Å². The molecule has 0 spiro atoms. The first kappa shape index (κ1) is 28.2. The van der Waals surface area contributed by atoms with Crippen molar-refractivity contribution in [3.05, 3.63) is 29.8 Å². The summed E-state index contributed by atoms with van der Waals surface area (Å²) in [6, 6.07) is 8.54. The van der Waals surface area contributed by atoms with Crippen LogP contribution in [0.15, 0.2) is 29.3 Å². The molecule has 0 unspecified atom stereocenters. The van der Waals surface area contributed by atoms with Gasteiger partial charge in [-0.25, -0.2) is 0 Å². The van der Waals surface area contributed by atoms with E-state index >= 15 is 0 Å². The van der Waals surface area contributed by atoms with Crippen molar-refractivity contribution < 1.29 is 14.2 Å². The molecule has 1 aliphatic carbocycles. The Bertz CT molecular complexity index is 699. The molecule has 1 saturated heterocycles. The lowest BCUT2D eigenvalue weighted by molar-refractivity contribution is 0.0513. The normalized spacial score (nSPS) is 19.5. The number of halogens is 1. The van der Waals surface area contributed by atoms with E-state index in [9.17, 15) is 0 Å². The second kappa shape index (κ2) is 14.4. The zero-order valence-electron chi connectivity index (χ0n) is 20.8. The van der Waals surface area contributed by atoms with E-state index in [0.29, 0.717) is 5.41 Å². The number of nitrogens with one attached hydrogen (secondary N) is 2.